The van der Waals surface area contributed by atoms with Gasteiger partial charge in [-0.15, -0.1) is 11.8 Å². The zero-order chi connectivity index (χ0) is 15.9. The molecule has 0 saturated carbocycles. The van der Waals surface area contributed by atoms with Crippen LogP contribution in [0, 0.1) is 0 Å². The fraction of sp³-hybridized carbons (Fsp3) is 0.278. The standard InChI is InChI=1S/C18H20O3S/c1-4-21-18-9-8-14(13(2)19)10-15(18)12-22-17-7-5-6-16(11-17)20-3/h5-11H,4,12H2,1-3H3. The molecule has 2 aromatic carbocycles. The molecule has 22 heavy (non-hydrogen) atoms. The number of ether oxygens (including phenoxy) is 2. The Morgan fingerprint density at radius 1 is 1.18 bits per heavy atom. The molecule has 0 amide bonds. The van der Waals surface area contributed by atoms with Crippen LogP contribution in [0.3, 0.4) is 0 Å². The molecule has 0 saturated heterocycles. The maximum Gasteiger partial charge on any atom is 0.159 e. The van der Waals surface area contributed by atoms with E-state index in [0.29, 0.717) is 12.2 Å². The number of rotatable bonds is 7. The molecule has 2 aromatic rings. The molecule has 3 nitrogen and oxygen atoms in total. The highest BCUT2D eigenvalue weighted by atomic mass is 32.2. The van der Waals surface area contributed by atoms with Gasteiger partial charge in [0.25, 0.3) is 0 Å². The number of Topliss-reactive ketones (excluding diaryl/α,β-unsaturated/α-hetero) is 1. The van der Waals surface area contributed by atoms with Gasteiger partial charge in [0, 0.05) is 21.8 Å². The van der Waals surface area contributed by atoms with Crippen LogP contribution in [0.5, 0.6) is 11.5 Å². The number of hydrogen-bond donors (Lipinski definition) is 0. The number of carbonyl (C=O) groups excluding carboxylic acids is 1. The Kier molecular flexibility index (Phi) is 5.90. The Bertz CT molecular complexity index is 653. The van der Waals surface area contributed by atoms with Crippen molar-refractivity contribution in [2.75, 3.05) is 13.7 Å². The maximum atomic E-state index is 11.6. The molecule has 0 N–H and O–H groups in total. The third-order valence-electron chi connectivity index (χ3n) is 3.20. The summed E-state index contributed by atoms with van der Waals surface area (Å²) >= 11 is 1.69. The third-order valence-corrected chi connectivity index (χ3v) is 4.25. The van der Waals surface area contributed by atoms with Crippen LogP contribution in [0.25, 0.3) is 0 Å². The lowest BCUT2D eigenvalue weighted by Crippen LogP contribution is -1.99. The third kappa shape index (κ3) is 4.28. The van der Waals surface area contributed by atoms with E-state index in [9.17, 15) is 4.79 Å². The van der Waals surface area contributed by atoms with Crippen LogP contribution >= 0.6 is 11.8 Å². The van der Waals surface area contributed by atoms with Crippen LogP contribution in [0.4, 0.5) is 0 Å². The quantitative estimate of drug-likeness (QED) is 0.553. The van der Waals surface area contributed by atoms with Gasteiger partial charge >= 0.3 is 0 Å². The van der Waals surface area contributed by atoms with Gasteiger partial charge in [0.15, 0.2) is 5.78 Å². The highest BCUT2D eigenvalue weighted by Crippen LogP contribution is 2.30. The second-order valence-corrected chi connectivity index (χ2v) is 5.83. The average Bonchev–Trinajstić information content (AvgIpc) is 2.54. The van der Waals surface area contributed by atoms with Gasteiger partial charge in [-0.05, 0) is 50.2 Å². The van der Waals surface area contributed by atoms with Gasteiger partial charge in [-0.1, -0.05) is 6.07 Å². The number of ketones is 1. The Labute approximate surface area is 135 Å². The molecule has 0 radical (unpaired) electrons. The largest absolute Gasteiger partial charge is 0.497 e. The van der Waals surface area contributed by atoms with Crippen LogP contribution < -0.4 is 9.47 Å². The van der Waals surface area contributed by atoms with Crippen LogP contribution in [0.2, 0.25) is 0 Å². The van der Waals surface area contributed by atoms with Crippen molar-refractivity contribution >= 4 is 17.5 Å². The Balaban J connectivity index is 2.19. The summed E-state index contributed by atoms with van der Waals surface area (Å²) in [6.07, 6.45) is 0. The molecular weight excluding hydrogens is 296 g/mol. The van der Waals surface area contributed by atoms with Gasteiger partial charge in [0.2, 0.25) is 0 Å². The molecule has 0 aromatic heterocycles. The number of thioether (sulfide) groups is 1. The average molecular weight is 316 g/mol. The minimum absolute atomic E-state index is 0.0654. The second-order valence-electron chi connectivity index (χ2n) is 4.78. The van der Waals surface area contributed by atoms with Crippen molar-refractivity contribution in [1.82, 2.24) is 0 Å². The molecule has 0 unspecified atom stereocenters. The molecule has 0 bridgehead atoms. The van der Waals surface area contributed by atoms with E-state index in [2.05, 4.69) is 0 Å². The summed E-state index contributed by atoms with van der Waals surface area (Å²) in [5, 5.41) is 0. The minimum Gasteiger partial charge on any atom is -0.497 e. The zero-order valence-corrected chi connectivity index (χ0v) is 13.9. The molecule has 2 rings (SSSR count). The first-order chi connectivity index (χ1) is 10.6. The minimum atomic E-state index is 0.0654. The SMILES string of the molecule is CCOc1ccc(C(C)=O)cc1CSc1cccc(OC)c1. The molecule has 0 spiro atoms. The molecule has 116 valence electrons. The Morgan fingerprint density at radius 3 is 2.68 bits per heavy atom. The number of hydrogen-bond acceptors (Lipinski definition) is 4. The van der Waals surface area contributed by atoms with Crippen molar-refractivity contribution < 1.29 is 14.3 Å². The summed E-state index contributed by atoms with van der Waals surface area (Å²) in [6, 6.07) is 13.5. The van der Waals surface area contributed by atoms with Gasteiger partial charge in [0.1, 0.15) is 11.5 Å². The summed E-state index contributed by atoms with van der Waals surface area (Å²) in [5.41, 5.74) is 1.74. The monoisotopic (exact) mass is 316 g/mol. The van der Waals surface area contributed by atoms with Crippen molar-refractivity contribution in [1.29, 1.82) is 0 Å². The smallest absolute Gasteiger partial charge is 0.159 e. The summed E-state index contributed by atoms with van der Waals surface area (Å²) in [5.74, 6) is 2.48. The predicted molar refractivity (Wildman–Crippen MR) is 90.2 cm³/mol. The number of carbonyl (C=O) groups is 1. The van der Waals surface area contributed by atoms with Crippen LogP contribution in [-0.4, -0.2) is 19.5 Å². The van der Waals surface area contributed by atoms with E-state index in [1.165, 1.54) is 0 Å². The number of benzene rings is 2. The first kappa shape index (κ1) is 16.4. The van der Waals surface area contributed by atoms with Crippen LogP contribution in [0.1, 0.15) is 29.8 Å². The number of methoxy groups -OCH3 is 1. The van der Waals surface area contributed by atoms with E-state index in [4.69, 9.17) is 9.47 Å². The lowest BCUT2D eigenvalue weighted by Gasteiger charge is -2.11. The Hall–Kier alpha value is -1.94. The first-order valence-electron chi connectivity index (χ1n) is 7.17. The van der Waals surface area contributed by atoms with E-state index in [1.54, 1.807) is 25.8 Å². The summed E-state index contributed by atoms with van der Waals surface area (Å²) in [7, 11) is 1.66. The summed E-state index contributed by atoms with van der Waals surface area (Å²) in [6.45, 7) is 4.14. The van der Waals surface area contributed by atoms with Gasteiger partial charge in [-0.3, -0.25) is 4.79 Å². The van der Waals surface area contributed by atoms with Gasteiger partial charge < -0.3 is 9.47 Å². The van der Waals surface area contributed by atoms with E-state index < -0.39 is 0 Å². The summed E-state index contributed by atoms with van der Waals surface area (Å²) < 4.78 is 10.9. The van der Waals surface area contributed by atoms with E-state index in [0.717, 1.165) is 27.7 Å². The van der Waals surface area contributed by atoms with Crippen molar-refractivity contribution in [2.24, 2.45) is 0 Å². The Morgan fingerprint density at radius 2 is 2.00 bits per heavy atom. The fourth-order valence-electron chi connectivity index (χ4n) is 2.06. The van der Waals surface area contributed by atoms with Crippen molar-refractivity contribution in [3.8, 4) is 11.5 Å². The highest BCUT2D eigenvalue weighted by molar-refractivity contribution is 7.98. The molecule has 4 heteroatoms. The normalized spacial score (nSPS) is 10.3. The van der Waals surface area contributed by atoms with Crippen molar-refractivity contribution in [3.05, 3.63) is 53.6 Å². The van der Waals surface area contributed by atoms with Gasteiger partial charge in [-0.2, -0.15) is 0 Å². The molecule has 0 aliphatic carbocycles. The van der Waals surface area contributed by atoms with E-state index in [1.807, 2.05) is 49.4 Å². The topological polar surface area (TPSA) is 35.5 Å². The van der Waals surface area contributed by atoms with Gasteiger partial charge in [-0.25, -0.2) is 0 Å². The first-order valence-corrected chi connectivity index (χ1v) is 8.16. The van der Waals surface area contributed by atoms with Crippen LogP contribution in [-0.2, 0) is 5.75 Å². The summed E-state index contributed by atoms with van der Waals surface area (Å²) in [4.78, 5) is 12.7. The second kappa shape index (κ2) is 7.90. The lowest BCUT2D eigenvalue weighted by atomic mass is 10.1. The van der Waals surface area contributed by atoms with E-state index in [-0.39, 0.29) is 5.78 Å². The lowest BCUT2D eigenvalue weighted by molar-refractivity contribution is 0.101. The molecule has 0 atom stereocenters. The molecular formula is C18H20O3S. The molecule has 0 aliphatic rings. The van der Waals surface area contributed by atoms with Gasteiger partial charge in [0.05, 0.1) is 13.7 Å². The zero-order valence-electron chi connectivity index (χ0n) is 13.1. The van der Waals surface area contributed by atoms with Crippen LogP contribution in [0.15, 0.2) is 47.4 Å². The van der Waals surface area contributed by atoms with Crippen molar-refractivity contribution in [2.45, 2.75) is 24.5 Å². The van der Waals surface area contributed by atoms with E-state index >= 15 is 0 Å². The fourth-order valence-corrected chi connectivity index (χ4v) is 2.98. The molecule has 0 fully saturated rings. The maximum absolute atomic E-state index is 11.6. The molecule has 0 aliphatic heterocycles. The highest BCUT2D eigenvalue weighted by Gasteiger charge is 2.09. The predicted octanol–water partition coefficient (Wildman–Crippen LogP) is 4.59. The van der Waals surface area contributed by atoms with Crippen molar-refractivity contribution in [3.63, 3.8) is 0 Å². The molecule has 0 heterocycles.